The molecular formula is C38H37FN5O6S2-. The average Bonchev–Trinajstić information content (AvgIpc) is 3.71. The molecule has 3 aromatic carbocycles. The number of carboxylic acids is 1. The van der Waals surface area contributed by atoms with Crippen molar-refractivity contribution >= 4 is 64.1 Å². The number of imidazole rings is 1. The fourth-order valence-corrected chi connectivity index (χ4v) is 7.68. The van der Waals surface area contributed by atoms with Crippen molar-refractivity contribution in [2.45, 2.75) is 30.7 Å². The molecule has 6 rings (SSSR count). The summed E-state index contributed by atoms with van der Waals surface area (Å²) in [6.07, 6.45) is 4.33. The third-order valence-corrected chi connectivity index (χ3v) is 10.2. The highest BCUT2D eigenvalue weighted by atomic mass is 32.2. The molecule has 0 spiro atoms. The smallest absolute Gasteiger partial charge is 0.285 e. The zero-order valence-electron chi connectivity index (χ0n) is 28.7. The molecule has 3 heterocycles. The molecule has 0 bridgehead atoms. The molecule has 2 aliphatic rings. The number of amides is 1. The van der Waals surface area contributed by atoms with Crippen LogP contribution in [-0.4, -0.2) is 71.5 Å². The standard InChI is InChI=1S/C38H38FN5O6S2/c1-49-23-21-41-29(17-19-32-40(20-10-9-15-33(45)46)30-25-26(39)16-18-31(30)52-32)36(47)43(27-11-5-3-6-12-27)35(41)34-37(48)44(28-13-7-4-8-14-28)38(51)42(34)22-24-50-2/h3-8,11-14,16-19,25H,9-10,15,20-24H2,1-2H3,(H,45,46)/p-1/b29-17+,32-19+,35-34+. The van der Waals surface area contributed by atoms with Crippen LogP contribution >= 0.6 is 24.0 Å². The lowest BCUT2D eigenvalue weighted by molar-refractivity contribution is -0.305. The number of thiocarbonyl (C=S) groups is 1. The minimum Gasteiger partial charge on any atom is -0.550 e. The summed E-state index contributed by atoms with van der Waals surface area (Å²) in [6.45, 7) is 1.38. The van der Waals surface area contributed by atoms with Gasteiger partial charge in [0.25, 0.3) is 11.5 Å². The number of unbranched alkanes of at least 4 members (excludes halogenated alkanes) is 1. The van der Waals surface area contributed by atoms with Crippen LogP contribution in [-0.2, 0) is 25.6 Å². The number of aliphatic carboxylic acids is 1. The molecular weight excluding hydrogens is 706 g/mol. The monoisotopic (exact) mass is 742 g/mol. The first-order valence-corrected chi connectivity index (χ1v) is 17.9. The van der Waals surface area contributed by atoms with Gasteiger partial charge in [-0.05, 0) is 86.1 Å². The molecule has 2 aliphatic heterocycles. The number of aromatic nitrogens is 2. The Morgan fingerprint density at radius 3 is 2.21 bits per heavy atom. The van der Waals surface area contributed by atoms with E-state index in [0.717, 1.165) is 9.92 Å². The molecule has 0 aliphatic carbocycles. The van der Waals surface area contributed by atoms with Gasteiger partial charge in [0.05, 0.1) is 35.3 Å². The van der Waals surface area contributed by atoms with Crippen LogP contribution in [0.5, 0.6) is 0 Å². The van der Waals surface area contributed by atoms with Gasteiger partial charge in [-0.1, -0.05) is 48.2 Å². The number of anilines is 2. The SMILES string of the molecule is COCCN1C(=S)N(c2ccccc2)C(=O)/C1=c1\n(-c2ccccc2)c(=O)/c(=C\C=C2\Sc3ccc(F)cc3N2CCCCC(=O)[O-])n1CCOC. The van der Waals surface area contributed by atoms with E-state index in [0.29, 0.717) is 41.9 Å². The number of thioether (sulfide) groups is 1. The Bertz CT molecular complexity index is 2190. The number of halogens is 1. The summed E-state index contributed by atoms with van der Waals surface area (Å²) < 4.78 is 28.7. The number of ether oxygens (including phenoxy) is 2. The molecule has 52 heavy (non-hydrogen) atoms. The van der Waals surface area contributed by atoms with Crippen LogP contribution in [0.4, 0.5) is 15.8 Å². The number of allylic oxidation sites excluding steroid dienone is 1. The number of carbonyl (C=O) groups is 2. The van der Waals surface area contributed by atoms with Gasteiger partial charge in [-0.15, -0.1) is 0 Å². The van der Waals surface area contributed by atoms with Gasteiger partial charge in [0.15, 0.2) is 16.3 Å². The van der Waals surface area contributed by atoms with Gasteiger partial charge in [-0.3, -0.25) is 19.1 Å². The van der Waals surface area contributed by atoms with Gasteiger partial charge in [0.1, 0.15) is 11.2 Å². The lowest BCUT2D eigenvalue weighted by Crippen LogP contribution is -2.39. The number of benzene rings is 3. The highest BCUT2D eigenvalue weighted by molar-refractivity contribution is 8.03. The molecule has 0 saturated carbocycles. The first-order chi connectivity index (χ1) is 25.2. The van der Waals surface area contributed by atoms with Crippen molar-refractivity contribution in [1.82, 2.24) is 14.0 Å². The molecule has 1 fully saturated rings. The normalized spacial score (nSPS) is 16.5. The summed E-state index contributed by atoms with van der Waals surface area (Å²) in [5, 5.41) is 12.3. The quantitative estimate of drug-likeness (QED) is 0.141. The van der Waals surface area contributed by atoms with Crippen LogP contribution in [0.15, 0.2) is 99.7 Å². The van der Waals surface area contributed by atoms with Crippen molar-refractivity contribution in [3.63, 3.8) is 0 Å². The van der Waals surface area contributed by atoms with Crippen LogP contribution in [0.1, 0.15) is 19.3 Å². The molecule has 270 valence electrons. The minimum atomic E-state index is -1.12. The van der Waals surface area contributed by atoms with Crippen LogP contribution < -0.4 is 31.3 Å². The van der Waals surface area contributed by atoms with E-state index < -0.39 is 17.7 Å². The zero-order chi connectivity index (χ0) is 36.8. The topological polar surface area (TPSA) is 112 Å². The predicted octanol–water partition coefficient (Wildman–Crippen LogP) is 2.97. The van der Waals surface area contributed by atoms with Gasteiger partial charge >= 0.3 is 0 Å². The van der Waals surface area contributed by atoms with E-state index in [1.54, 1.807) is 66.2 Å². The third-order valence-electron chi connectivity index (χ3n) is 8.65. The van der Waals surface area contributed by atoms with Crippen LogP contribution in [0.2, 0.25) is 0 Å². The largest absolute Gasteiger partial charge is 0.550 e. The average molecular weight is 743 g/mol. The molecule has 14 heteroatoms. The molecule has 4 aromatic rings. The zero-order valence-corrected chi connectivity index (χ0v) is 30.3. The van der Waals surface area contributed by atoms with Crippen molar-refractivity contribution in [3.8, 4) is 5.69 Å². The highest BCUT2D eigenvalue weighted by Crippen LogP contribution is 2.46. The Balaban J connectivity index is 1.60. The van der Waals surface area contributed by atoms with Gasteiger partial charge in [0, 0.05) is 44.7 Å². The number of hydrogen-bond donors (Lipinski definition) is 0. The van der Waals surface area contributed by atoms with Crippen molar-refractivity contribution in [1.29, 1.82) is 0 Å². The molecule has 0 radical (unpaired) electrons. The van der Waals surface area contributed by atoms with Crippen LogP contribution in [0, 0.1) is 5.82 Å². The van der Waals surface area contributed by atoms with Gasteiger partial charge < -0.3 is 33.7 Å². The second-order valence-electron chi connectivity index (χ2n) is 11.9. The lowest BCUT2D eigenvalue weighted by Gasteiger charge is -2.20. The fraction of sp³-hybridized carbons (Fsp3) is 0.263. The Morgan fingerprint density at radius 2 is 1.54 bits per heavy atom. The minimum absolute atomic E-state index is 0.0823. The fourth-order valence-electron chi connectivity index (χ4n) is 6.24. The van der Waals surface area contributed by atoms with E-state index in [9.17, 15) is 23.9 Å². The van der Waals surface area contributed by atoms with E-state index in [1.807, 2.05) is 41.3 Å². The van der Waals surface area contributed by atoms with Crippen molar-refractivity contribution < 1.29 is 28.6 Å². The van der Waals surface area contributed by atoms with E-state index in [1.165, 1.54) is 33.4 Å². The number of para-hydroxylation sites is 2. The Kier molecular flexibility index (Phi) is 11.7. The van der Waals surface area contributed by atoms with Crippen molar-refractivity contribution in [2.24, 2.45) is 0 Å². The maximum Gasteiger partial charge on any atom is 0.285 e. The van der Waals surface area contributed by atoms with Gasteiger partial charge in [0.2, 0.25) is 0 Å². The van der Waals surface area contributed by atoms with Gasteiger partial charge in [-0.25, -0.2) is 4.39 Å². The van der Waals surface area contributed by atoms with E-state index >= 15 is 0 Å². The van der Waals surface area contributed by atoms with Crippen LogP contribution in [0.3, 0.4) is 0 Å². The lowest BCUT2D eigenvalue weighted by atomic mass is 10.2. The van der Waals surface area contributed by atoms with E-state index in [2.05, 4.69) is 0 Å². The molecule has 11 nitrogen and oxygen atoms in total. The molecule has 0 atom stereocenters. The predicted molar refractivity (Wildman–Crippen MR) is 201 cm³/mol. The number of nitrogens with zero attached hydrogens (tertiary/aromatic N) is 5. The summed E-state index contributed by atoms with van der Waals surface area (Å²) in [6, 6.07) is 22.7. The number of carbonyl (C=O) groups excluding carboxylic acids is 2. The number of carboxylic acid groups (broad SMARTS) is 1. The second-order valence-corrected chi connectivity index (χ2v) is 13.4. The summed E-state index contributed by atoms with van der Waals surface area (Å²) in [5.41, 5.74) is 1.95. The highest BCUT2D eigenvalue weighted by Gasteiger charge is 2.41. The number of fused-ring (bicyclic) bond motifs is 1. The summed E-state index contributed by atoms with van der Waals surface area (Å²) in [7, 11) is 3.13. The molecule has 1 amide bonds. The maximum absolute atomic E-state index is 14.7. The molecule has 0 unspecified atom stereocenters. The Hall–Kier alpha value is -5.02. The Morgan fingerprint density at radius 1 is 0.865 bits per heavy atom. The van der Waals surface area contributed by atoms with Crippen LogP contribution in [0.25, 0.3) is 17.5 Å². The molecule has 1 aromatic heterocycles. The Labute approximate surface area is 309 Å². The second kappa shape index (κ2) is 16.5. The first kappa shape index (κ1) is 36.8. The maximum atomic E-state index is 14.7. The number of methoxy groups -OCH3 is 2. The number of rotatable bonds is 14. The summed E-state index contributed by atoms with van der Waals surface area (Å²) in [5.74, 6) is -1.92. The molecule has 0 N–H and O–H groups in total. The van der Waals surface area contributed by atoms with Crippen molar-refractivity contribution in [3.05, 3.63) is 117 Å². The molecule has 1 saturated heterocycles. The van der Waals surface area contributed by atoms with E-state index in [4.69, 9.17) is 21.7 Å². The number of hydrogen-bond acceptors (Lipinski definition) is 9. The summed E-state index contributed by atoms with van der Waals surface area (Å²) in [4.78, 5) is 46.3. The third kappa shape index (κ3) is 7.46. The summed E-state index contributed by atoms with van der Waals surface area (Å²) >= 11 is 7.34. The van der Waals surface area contributed by atoms with Crippen molar-refractivity contribution in [2.75, 3.05) is 50.3 Å². The first-order valence-electron chi connectivity index (χ1n) is 16.7. The van der Waals surface area contributed by atoms with E-state index in [-0.39, 0.29) is 54.4 Å². The van der Waals surface area contributed by atoms with Gasteiger partial charge in [-0.2, -0.15) is 0 Å².